The molecule has 1 aromatic rings. The molecule has 0 amide bonds. The van der Waals surface area contributed by atoms with Gasteiger partial charge in [-0.25, -0.2) is 0 Å². The van der Waals surface area contributed by atoms with Crippen LogP contribution >= 0.6 is 0 Å². The van der Waals surface area contributed by atoms with Crippen LogP contribution in [-0.2, 0) is 16.6 Å². The maximum atomic E-state index is 5.87. The van der Waals surface area contributed by atoms with Gasteiger partial charge in [0.2, 0.25) is 0 Å². The zero-order valence-electron chi connectivity index (χ0n) is 18.8. The molecule has 0 saturated carbocycles. The molecule has 1 aromatic carbocycles. The number of nitrogens with zero attached hydrogens (tertiary/aromatic N) is 1. The Balaban J connectivity index is 1.93. The van der Waals surface area contributed by atoms with Gasteiger partial charge in [0.05, 0.1) is 12.2 Å². The minimum Gasteiger partial charge on any atom is -0.373 e. The van der Waals surface area contributed by atoms with E-state index < -0.39 is 0 Å². The predicted octanol–water partition coefficient (Wildman–Crippen LogP) is 6.22. The van der Waals surface area contributed by atoms with Crippen molar-refractivity contribution >= 4 is 0 Å². The minimum absolute atomic E-state index is 0.342. The molecule has 154 valence electrons. The molecule has 0 spiro atoms. The highest BCUT2D eigenvalue weighted by atomic mass is 16.5. The van der Waals surface area contributed by atoms with E-state index in [1.807, 2.05) is 0 Å². The Morgan fingerprint density at radius 2 is 1.67 bits per heavy atom. The third-order valence-corrected chi connectivity index (χ3v) is 6.18. The van der Waals surface area contributed by atoms with Crippen LogP contribution in [0.25, 0.3) is 0 Å². The standard InChI is InChI=1S/C25H43NO/c1-7-9-15-25(6,14-8-2)24-12-10-23(11-13-24)16-20(3)17-26-18-21(4)27-22(5)19-26/h10-13,20-22H,7-9,14-19H2,1-6H3. The van der Waals surface area contributed by atoms with Gasteiger partial charge in [-0.05, 0) is 55.6 Å². The first-order chi connectivity index (χ1) is 12.9. The monoisotopic (exact) mass is 373 g/mol. The van der Waals surface area contributed by atoms with Crippen LogP contribution in [0.3, 0.4) is 0 Å². The van der Waals surface area contributed by atoms with E-state index in [1.54, 1.807) is 0 Å². The number of unbranched alkanes of at least 4 members (excludes halogenated alkanes) is 1. The van der Waals surface area contributed by atoms with E-state index in [1.165, 1.54) is 56.2 Å². The van der Waals surface area contributed by atoms with Gasteiger partial charge in [-0.3, -0.25) is 4.90 Å². The summed E-state index contributed by atoms with van der Waals surface area (Å²) in [5, 5.41) is 0. The fourth-order valence-electron chi connectivity index (χ4n) is 4.92. The quantitative estimate of drug-likeness (QED) is 0.482. The molecular weight excluding hydrogens is 330 g/mol. The molecule has 1 heterocycles. The molecule has 2 nitrogen and oxygen atoms in total. The van der Waals surface area contributed by atoms with E-state index >= 15 is 0 Å². The van der Waals surface area contributed by atoms with Crippen LogP contribution in [0.5, 0.6) is 0 Å². The number of morpholine rings is 1. The van der Waals surface area contributed by atoms with Crippen molar-refractivity contribution in [3.8, 4) is 0 Å². The van der Waals surface area contributed by atoms with Gasteiger partial charge in [0.25, 0.3) is 0 Å². The summed E-state index contributed by atoms with van der Waals surface area (Å²) in [5.41, 5.74) is 3.36. The molecule has 2 rings (SSSR count). The highest BCUT2D eigenvalue weighted by Gasteiger charge is 2.25. The lowest BCUT2D eigenvalue weighted by atomic mass is 9.74. The van der Waals surface area contributed by atoms with Gasteiger partial charge in [-0.1, -0.05) is 71.2 Å². The molecule has 1 saturated heterocycles. The van der Waals surface area contributed by atoms with Crippen LogP contribution in [0, 0.1) is 5.92 Å². The molecule has 1 aliphatic rings. The van der Waals surface area contributed by atoms with E-state index in [0.29, 0.717) is 23.5 Å². The number of rotatable bonds is 10. The van der Waals surface area contributed by atoms with Crippen molar-refractivity contribution in [2.24, 2.45) is 5.92 Å². The van der Waals surface area contributed by atoms with Crippen molar-refractivity contribution in [1.82, 2.24) is 4.90 Å². The molecular formula is C25H43NO. The number of benzene rings is 1. The zero-order chi connectivity index (χ0) is 19.9. The van der Waals surface area contributed by atoms with Gasteiger partial charge in [0.15, 0.2) is 0 Å². The van der Waals surface area contributed by atoms with E-state index in [9.17, 15) is 0 Å². The van der Waals surface area contributed by atoms with Crippen molar-refractivity contribution in [1.29, 1.82) is 0 Å². The molecule has 1 aliphatic heterocycles. The Kier molecular flexibility index (Phi) is 8.82. The van der Waals surface area contributed by atoms with Crippen LogP contribution in [0.4, 0.5) is 0 Å². The highest BCUT2D eigenvalue weighted by molar-refractivity contribution is 5.29. The van der Waals surface area contributed by atoms with Crippen LogP contribution in [0.15, 0.2) is 24.3 Å². The first kappa shape index (κ1) is 22.4. The molecule has 1 fully saturated rings. The zero-order valence-corrected chi connectivity index (χ0v) is 18.8. The first-order valence-corrected chi connectivity index (χ1v) is 11.3. The molecule has 0 bridgehead atoms. The third kappa shape index (κ3) is 6.91. The molecule has 0 aliphatic carbocycles. The normalized spacial score (nSPS) is 24.5. The van der Waals surface area contributed by atoms with Gasteiger partial charge >= 0.3 is 0 Å². The second-order valence-electron chi connectivity index (χ2n) is 9.40. The third-order valence-electron chi connectivity index (χ3n) is 6.18. The van der Waals surface area contributed by atoms with Gasteiger partial charge in [-0.2, -0.15) is 0 Å². The summed E-state index contributed by atoms with van der Waals surface area (Å²) in [6, 6.07) is 9.59. The summed E-state index contributed by atoms with van der Waals surface area (Å²) >= 11 is 0. The molecule has 4 atom stereocenters. The van der Waals surface area contributed by atoms with Crippen molar-refractivity contribution < 1.29 is 4.74 Å². The van der Waals surface area contributed by atoms with Crippen LogP contribution < -0.4 is 0 Å². The van der Waals surface area contributed by atoms with E-state index in [0.717, 1.165) is 13.1 Å². The summed E-state index contributed by atoms with van der Waals surface area (Å²) in [6.45, 7) is 17.2. The lowest BCUT2D eigenvalue weighted by molar-refractivity contribution is -0.0708. The van der Waals surface area contributed by atoms with Gasteiger partial charge < -0.3 is 4.74 Å². The maximum Gasteiger partial charge on any atom is 0.0678 e. The number of ether oxygens (including phenoxy) is 1. The molecule has 0 radical (unpaired) electrons. The maximum absolute atomic E-state index is 5.87. The molecule has 0 aromatic heterocycles. The second-order valence-corrected chi connectivity index (χ2v) is 9.40. The van der Waals surface area contributed by atoms with E-state index in [4.69, 9.17) is 4.74 Å². The second kappa shape index (κ2) is 10.6. The molecule has 4 unspecified atom stereocenters. The Labute approximate surface area is 168 Å². The highest BCUT2D eigenvalue weighted by Crippen LogP contribution is 2.34. The predicted molar refractivity (Wildman–Crippen MR) is 118 cm³/mol. The van der Waals surface area contributed by atoms with Gasteiger partial charge in [-0.15, -0.1) is 0 Å². The van der Waals surface area contributed by atoms with Crippen molar-refractivity contribution in [3.63, 3.8) is 0 Å². The average Bonchev–Trinajstić information content (AvgIpc) is 2.60. The summed E-state index contributed by atoms with van der Waals surface area (Å²) < 4.78 is 5.87. The molecule has 0 N–H and O–H groups in total. The smallest absolute Gasteiger partial charge is 0.0678 e. The Bertz CT molecular complexity index is 530. The number of hydrogen-bond acceptors (Lipinski definition) is 2. The summed E-state index contributed by atoms with van der Waals surface area (Å²) in [4.78, 5) is 2.58. The minimum atomic E-state index is 0.342. The largest absolute Gasteiger partial charge is 0.373 e. The molecule has 27 heavy (non-hydrogen) atoms. The van der Waals surface area contributed by atoms with Crippen LogP contribution in [0.1, 0.15) is 84.8 Å². The fourth-order valence-corrected chi connectivity index (χ4v) is 4.92. The van der Waals surface area contributed by atoms with Gasteiger partial charge in [0.1, 0.15) is 0 Å². The van der Waals surface area contributed by atoms with Gasteiger partial charge in [0, 0.05) is 19.6 Å². The van der Waals surface area contributed by atoms with Crippen LogP contribution in [0.2, 0.25) is 0 Å². The summed E-state index contributed by atoms with van der Waals surface area (Å²) in [6.07, 6.45) is 8.35. The Hall–Kier alpha value is -0.860. The Morgan fingerprint density at radius 1 is 1.04 bits per heavy atom. The number of hydrogen-bond donors (Lipinski definition) is 0. The topological polar surface area (TPSA) is 12.5 Å². The SMILES string of the molecule is CCCCC(C)(CCC)c1ccc(CC(C)CN2CC(C)OC(C)C2)cc1. The lowest BCUT2D eigenvalue weighted by Gasteiger charge is -2.36. The van der Waals surface area contributed by atoms with E-state index in [2.05, 4.69) is 70.7 Å². The first-order valence-electron chi connectivity index (χ1n) is 11.3. The van der Waals surface area contributed by atoms with E-state index in [-0.39, 0.29) is 0 Å². The van der Waals surface area contributed by atoms with Crippen molar-refractivity contribution in [2.45, 2.75) is 97.7 Å². The summed E-state index contributed by atoms with van der Waals surface area (Å²) in [5.74, 6) is 0.676. The summed E-state index contributed by atoms with van der Waals surface area (Å²) in [7, 11) is 0. The average molecular weight is 374 g/mol. The fraction of sp³-hybridized carbons (Fsp3) is 0.760. The lowest BCUT2D eigenvalue weighted by Crippen LogP contribution is -2.47. The van der Waals surface area contributed by atoms with Crippen molar-refractivity contribution in [3.05, 3.63) is 35.4 Å². The van der Waals surface area contributed by atoms with Crippen molar-refractivity contribution in [2.75, 3.05) is 19.6 Å². The molecule has 2 heteroatoms. The van der Waals surface area contributed by atoms with Crippen LogP contribution in [-0.4, -0.2) is 36.7 Å². The Morgan fingerprint density at radius 3 is 2.22 bits per heavy atom.